The average molecular weight is 280 g/mol. The Hall–Kier alpha value is -1.40. The van der Waals surface area contributed by atoms with Gasteiger partial charge in [-0.25, -0.2) is 0 Å². The van der Waals surface area contributed by atoms with Gasteiger partial charge in [0.25, 0.3) is 0 Å². The average Bonchev–Trinajstić information content (AvgIpc) is 3.08. The summed E-state index contributed by atoms with van der Waals surface area (Å²) in [6.07, 6.45) is 0. The lowest BCUT2D eigenvalue weighted by atomic mass is 10.2. The molecule has 2 aliphatic heterocycles. The quantitative estimate of drug-likeness (QED) is 0.896. The summed E-state index contributed by atoms with van der Waals surface area (Å²) in [5.74, 6) is 3.38. The van der Waals surface area contributed by atoms with E-state index in [4.69, 9.17) is 9.47 Å². The molecule has 0 bridgehead atoms. The van der Waals surface area contributed by atoms with Crippen molar-refractivity contribution in [1.29, 1.82) is 0 Å². The van der Waals surface area contributed by atoms with Gasteiger partial charge in [0, 0.05) is 25.2 Å². The Kier molecular flexibility index (Phi) is 3.52. The van der Waals surface area contributed by atoms with Gasteiger partial charge in [-0.3, -0.25) is 10.1 Å². The first kappa shape index (κ1) is 12.6. The normalized spacial score (nSPS) is 20.6. The Bertz CT molecular complexity index is 489. The van der Waals surface area contributed by atoms with Gasteiger partial charge < -0.3 is 14.4 Å². The van der Waals surface area contributed by atoms with Crippen LogP contribution in [0.4, 0.5) is 0 Å². The van der Waals surface area contributed by atoms with Gasteiger partial charge in [0.05, 0.1) is 6.04 Å². The molecule has 2 heterocycles. The number of nitrogens with one attached hydrogen (secondary N) is 1. The summed E-state index contributed by atoms with van der Waals surface area (Å²) >= 11 is 1.76. The second-order valence-electron chi connectivity index (χ2n) is 4.65. The zero-order valence-corrected chi connectivity index (χ0v) is 11.5. The third-order valence-electron chi connectivity index (χ3n) is 3.25. The Balaban J connectivity index is 1.65. The first-order chi connectivity index (χ1) is 9.24. The molecule has 2 aliphatic rings. The molecule has 0 spiro atoms. The molecule has 19 heavy (non-hydrogen) atoms. The topological polar surface area (TPSA) is 50.8 Å². The molecule has 0 radical (unpaired) electrons. The first-order valence-electron chi connectivity index (χ1n) is 6.18. The molecule has 0 saturated carbocycles. The van der Waals surface area contributed by atoms with Crippen LogP contribution in [0.15, 0.2) is 18.2 Å². The number of thioether (sulfide) groups is 1. The maximum Gasteiger partial charge on any atom is 0.240 e. The molecule has 1 atom stereocenters. The first-order valence-corrected chi connectivity index (χ1v) is 7.34. The minimum Gasteiger partial charge on any atom is -0.454 e. The summed E-state index contributed by atoms with van der Waals surface area (Å²) in [6, 6.07) is 5.74. The number of carbonyl (C=O) groups excluding carboxylic acids is 1. The van der Waals surface area contributed by atoms with Crippen LogP contribution >= 0.6 is 11.8 Å². The van der Waals surface area contributed by atoms with Gasteiger partial charge in [0.1, 0.15) is 0 Å². The number of hydrogen-bond donors (Lipinski definition) is 1. The SMILES string of the molecule is CN(Cc1ccc2c(c1)OCO2)C(=O)[C@H]1CSCN1. The molecule has 1 aromatic rings. The van der Waals surface area contributed by atoms with Crippen LogP contribution < -0.4 is 14.8 Å². The standard InChI is InChI=1S/C13H16N2O3S/c1-15(13(16)10-6-19-7-14-10)5-9-2-3-11-12(4-9)18-8-17-11/h2-4,10,14H,5-8H2,1H3/t10-/m1/s1. The molecule has 0 aromatic heterocycles. The largest absolute Gasteiger partial charge is 0.454 e. The number of fused-ring (bicyclic) bond motifs is 1. The predicted octanol–water partition coefficient (Wildman–Crippen LogP) is 1.04. The van der Waals surface area contributed by atoms with Crippen molar-refractivity contribution in [3.8, 4) is 11.5 Å². The fourth-order valence-corrected chi connectivity index (χ4v) is 3.14. The molecule has 3 rings (SSSR count). The summed E-state index contributed by atoms with van der Waals surface area (Å²) in [5.41, 5.74) is 1.05. The molecule has 5 nitrogen and oxygen atoms in total. The zero-order valence-electron chi connectivity index (χ0n) is 10.7. The van der Waals surface area contributed by atoms with Gasteiger partial charge >= 0.3 is 0 Å². The highest BCUT2D eigenvalue weighted by atomic mass is 32.2. The van der Waals surface area contributed by atoms with E-state index in [1.165, 1.54) is 0 Å². The summed E-state index contributed by atoms with van der Waals surface area (Å²) < 4.78 is 10.6. The van der Waals surface area contributed by atoms with Crippen molar-refractivity contribution in [2.24, 2.45) is 0 Å². The van der Waals surface area contributed by atoms with E-state index >= 15 is 0 Å². The van der Waals surface area contributed by atoms with Crippen LogP contribution in [-0.4, -0.2) is 42.3 Å². The number of benzene rings is 1. The molecule has 1 aromatic carbocycles. The predicted molar refractivity (Wildman–Crippen MR) is 73.3 cm³/mol. The lowest BCUT2D eigenvalue weighted by Gasteiger charge is -2.21. The molecule has 0 aliphatic carbocycles. The summed E-state index contributed by atoms with van der Waals surface area (Å²) in [7, 11) is 1.83. The van der Waals surface area contributed by atoms with Gasteiger partial charge in [0.2, 0.25) is 12.7 Å². The highest BCUT2D eigenvalue weighted by Crippen LogP contribution is 2.32. The van der Waals surface area contributed by atoms with Crippen molar-refractivity contribution in [3.63, 3.8) is 0 Å². The van der Waals surface area contributed by atoms with E-state index in [1.54, 1.807) is 16.7 Å². The van der Waals surface area contributed by atoms with E-state index in [0.717, 1.165) is 28.7 Å². The number of nitrogens with zero attached hydrogens (tertiary/aromatic N) is 1. The molecule has 1 saturated heterocycles. The smallest absolute Gasteiger partial charge is 0.240 e. The van der Waals surface area contributed by atoms with Crippen LogP contribution in [0.25, 0.3) is 0 Å². The van der Waals surface area contributed by atoms with Crippen molar-refractivity contribution >= 4 is 17.7 Å². The van der Waals surface area contributed by atoms with Crippen molar-refractivity contribution in [3.05, 3.63) is 23.8 Å². The van der Waals surface area contributed by atoms with E-state index in [2.05, 4.69) is 5.32 Å². The number of rotatable bonds is 3. The zero-order chi connectivity index (χ0) is 13.2. The van der Waals surface area contributed by atoms with Crippen molar-refractivity contribution in [2.75, 3.05) is 25.5 Å². The second-order valence-corrected chi connectivity index (χ2v) is 5.68. The van der Waals surface area contributed by atoms with Crippen LogP contribution in [0.3, 0.4) is 0 Å². The van der Waals surface area contributed by atoms with Crippen molar-refractivity contribution in [2.45, 2.75) is 12.6 Å². The highest BCUT2D eigenvalue weighted by molar-refractivity contribution is 7.99. The summed E-state index contributed by atoms with van der Waals surface area (Å²) in [5, 5.41) is 3.19. The van der Waals surface area contributed by atoms with E-state index in [1.807, 2.05) is 25.2 Å². The van der Waals surface area contributed by atoms with Crippen LogP contribution in [0, 0.1) is 0 Å². The van der Waals surface area contributed by atoms with Gasteiger partial charge in [-0.1, -0.05) is 6.07 Å². The molecule has 6 heteroatoms. The number of amides is 1. The molecular formula is C13H16N2O3S. The minimum absolute atomic E-state index is 0.0518. The number of carbonyl (C=O) groups is 1. The van der Waals surface area contributed by atoms with Crippen LogP contribution in [0.5, 0.6) is 11.5 Å². The lowest BCUT2D eigenvalue weighted by Crippen LogP contribution is -2.42. The Morgan fingerprint density at radius 2 is 2.32 bits per heavy atom. The highest BCUT2D eigenvalue weighted by Gasteiger charge is 2.25. The molecular weight excluding hydrogens is 264 g/mol. The maximum absolute atomic E-state index is 12.2. The van der Waals surface area contributed by atoms with Gasteiger partial charge in [-0.2, -0.15) is 0 Å². The number of likely N-dealkylation sites (N-methyl/N-ethyl adjacent to an activating group) is 1. The Labute approximate surface area is 116 Å². The molecule has 1 N–H and O–H groups in total. The molecule has 1 amide bonds. The Morgan fingerprint density at radius 3 is 3.11 bits per heavy atom. The Morgan fingerprint density at radius 1 is 1.47 bits per heavy atom. The monoisotopic (exact) mass is 280 g/mol. The van der Waals surface area contributed by atoms with Gasteiger partial charge in [-0.15, -0.1) is 11.8 Å². The van der Waals surface area contributed by atoms with E-state index in [0.29, 0.717) is 6.54 Å². The fourth-order valence-electron chi connectivity index (χ4n) is 2.21. The van der Waals surface area contributed by atoms with E-state index in [-0.39, 0.29) is 18.7 Å². The van der Waals surface area contributed by atoms with E-state index < -0.39 is 0 Å². The molecule has 0 unspecified atom stereocenters. The third kappa shape index (κ3) is 2.64. The fraction of sp³-hybridized carbons (Fsp3) is 0.462. The van der Waals surface area contributed by atoms with Crippen LogP contribution in [0.1, 0.15) is 5.56 Å². The van der Waals surface area contributed by atoms with Crippen molar-refractivity contribution in [1.82, 2.24) is 10.2 Å². The minimum atomic E-state index is -0.0518. The third-order valence-corrected chi connectivity index (χ3v) is 4.19. The van der Waals surface area contributed by atoms with Gasteiger partial charge in [-0.05, 0) is 17.7 Å². The van der Waals surface area contributed by atoms with Crippen LogP contribution in [-0.2, 0) is 11.3 Å². The van der Waals surface area contributed by atoms with E-state index in [9.17, 15) is 4.79 Å². The number of ether oxygens (including phenoxy) is 2. The summed E-state index contributed by atoms with van der Waals surface area (Å²) in [6.45, 7) is 0.856. The molecule has 1 fully saturated rings. The molecule has 102 valence electrons. The van der Waals surface area contributed by atoms with Crippen LogP contribution in [0.2, 0.25) is 0 Å². The van der Waals surface area contributed by atoms with Crippen molar-refractivity contribution < 1.29 is 14.3 Å². The maximum atomic E-state index is 12.2. The van der Waals surface area contributed by atoms with Gasteiger partial charge in [0.15, 0.2) is 11.5 Å². The number of hydrogen-bond acceptors (Lipinski definition) is 5. The lowest BCUT2D eigenvalue weighted by molar-refractivity contribution is -0.131. The summed E-state index contributed by atoms with van der Waals surface area (Å²) in [4.78, 5) is 13.9. The second kappa shape index (κ2) is 5.30.